The van der Waals surface area contributed by atoms with Crippen LogP contribution in [0.1, 0.15) is 10.4 Å². The summed E-state index contributed by atoms with van der Waals surface area (Å²) in [7, 11) is 0. The lowest BCUT2D eigenvalue weighted by molar-refractivity contribution is -0.153. The van der Waals surface area contributed by atoms with Gasteiger partial charge in [0.25, 0.3) is 5.91 Å². The molecule has 0 unspecified atom stereocenters. The first-order valence-electron chi connectivity index (χ1n) is 10.3. The molecule has 5 aromatic rings. The molecule has 0 spiro atoms. The Balaban J connectivity index is 1.43. The fraction of sp³-hybridized carbons (Fsp3) is 0.0833. The van der Waals surface area contributed by atoms with Gasteiger partial charge in [0.15, 0.2) is 11.7 Å². The van der Waals surface area contributed by atoms with Crippen molar-refractivity contribution in [3.05, 3.63) is 84.8 Å². The number of ether oxygens (including phenoxy) is 1. The van der Waals surface area contributed by atoms with Crippen molar-refractivity contribution in [2.24, 2.45) is 0 Å². The van der Waals surface area contributed by atoms with Gasteiger partial charge in [-0.2, -0.15) is 18.3 Å². The molecule has 3 aromatic heterocycles. The predicted molar refractivity (Wildman–Crippen MR) is 126 cm³/mol. The summed E-state index contributed by atoms with van der Waals surface area (Å²) in [5, 5.41) is 7.66. The van der Waals surface area contributed by atoms with Crippen LogP contribution in [0.5, 0.6) is 5.75 Å². The van der Waals surface area contributed by atoms with Crippen molar-refractivity contribution >= 4 is 32.6 Å². The summed E-state index contributed by atoms with van der Waals surface area (Å²) in [6.07, 6.45) is 0.446. The van der Waals surface area contributed by atoms with Gasteiger partial charge >= 0.3 is 6.18 Å². The molecule has 35 heavy (non-hydrogen) atoms. The Hall–Kier alpha value is -4.25. The second-order valence-corrected chi connectivity index (χ2v) is 8.45. The summed E-state index contributed by atoms with van der Waals surface area (Å²) in [4.78, 5) is 21.7. The van der Waals surface area contributed by atoms with Crippen molar-refractivity contribution in [3.63, 3.8) is 0 Å². The van der Waals surface area contributed by atoms with E-state index in [1.807, 2.05) is 36.4 Å². The Morgan fingerprint density at radius 3 is 2.66 bits per heavy atom. The van der Waals surface area contributed by atoms with Crippen LogP contribution in [0.2, 0.25) is 0 Å². The van der Waals surface area contributed by atoms with Gasteiger partial charge in [0.05, 0.1) is 21.5 Å². The maximum absolute atomic E-state index is 13.2. The molecule has 5 rings (SSSR count). The molecule has 2 aromatic carbocycles. The smallest absolute Gasteiger partial charge is 0.422 e. The van der Waals surface area contributed by atoms with E-state index in [2.05, 4.69) is 20.4 Å². The van der Waals surface area contributed by atoms with Gasteiger partial charge in [0.2, 0.25) is 0 Å². The SMILES string of the molecule is O=C(Nc1nc2ccc(OCC(F)(F)F)cc2s1)c1cn(-c2ccccc2)nc1-c1cccnc1. The number of aromatic nitrogens is 4. The average molecular weight is 495 g/mol. The van der Waals surface area contributed by atoms with E-state index in [4.69, 9.17) is 4.74 Å². The molecule has 7 nitrogen and oxygen atoms in total. The first-order valence-corrected chi connectivity index (χ1v) is 11.1. The first kappa shape index (κ1) is 22.5. The zero-order chi connectivity index (χ0) is 24.4. The van der Waals surface area contributed by atoms with E-state index in [0.717, 1.165) is 17.0 Å². The number of hydrogen-bond donors (Lipinski definition) is 1. The van der Waals surface area contributed by atoms with E-state index in [9.17, 15) is 18.0 Å². The minimum Gasteiger partial charge on any atom is -0.484 e. The Morgan fingerprint density at radius 1 is 1.09 bits per heavy atom. The van der Waals surface area contributed by atoms with Gasteiger partial charge in [-0.05, 0) is 42.5 Å². The molecule has 1 amide bonds. The topological polar surface area (TPSA) is 81.9 Å². The minimum atomic E-state index is -4.43. The van der Waals surface area contributed by atoms with Crippen molar-refractivity contribution in [2.75, 3.05) is 11.9 Å². The van der Waals surface area contributed by atoms with E-state index in [1.165, 1.54) is 12.1 Å². The Labute approximate surface area is 200 Å². The highest BCUT2D eigenvalue weighted by molar-refractivity contribution is 7.22. The van der Waals surface area contributed by atoms with Crippen molar-refractivity contribution in [1.29, 1.82) is 0 Å². The number of hydrogen-bond acceptors (Lipinski definition) is 6. The lowest BCUT2D eigenvalue weighted by Crippen LogP contribution is -2.19. The third kappa shape index (κ3) is 5.14. The van der Waals surface area contributed by atoms with Crippen molar-refractivity contribution in [2.45, 2.75) is 6.18 Å². The number of rotatable bonds is 6. The highest BCUT2D eigenvalue weighted by Gasteiger charge is 2.28. The zero-order valence-electron chi connectivity index (χ0n) is 17.9. The van der Waals surface area contributed by atoms with Gasteiger partial charge in [0, 0.05) is 24.2 Å². The van der Waals surface area contributed by atoms with Crippen LogP contribution in [-0.2, 0) is 0 Å². The fourth-order valence-electron chi connectivity index (χ4n) is 3.35. The number of para-hydroxylation sites is 1. The number of amides is 1. The molecular formula is C24H16F3N5O2S. The molecule has 0 aliphatic heterocycles. The predicted octanol–water partition coefficient (Wildman–Crippen LogP) is 5.74. The minimum absolute atomic E-state index is 0.0688. The van der Waals surface area contributed by atoms with Crippen molar-refractivity contribution < 1.29 is 22.7 Å². The molecule has 1 N–H and O–H groups in total. The number of halogens is 3. The second-order valence-electron chi connectivity index (χ2n) is 7.42. The molecule has 0 aliphatic rings. The number of thiazole rings is 1. The quantitative estimate of drug-likeness (QED) is 0.325. The average Bonchev–Trinajstić information content (AvgIpc) is 3.47. The highest BCUT2D eigenvalue weighted by atomic mass is 32.1. The normalized spacial score (nSPS) is 11.5. The van der Waals surface area contributed by atoms with Crippen LogP contribution in [0.25, 0.3) is 27.2 Å². The molecule has 176 valence electrons. The number of fused-ring (bicyclic) bond motifs is 1. The van der Waals surface area contributed by atoms with Crippen molar-refractivity contribution in [3.8, 4) is 22.7 Å². The van der Waals surface area contributed by atoms with E-state index < -0.39 is 18.7 Å². The summed E-state index contributed by atoms with van der Waals surface area (Å²) < 4.78 is 44.3. The van der Waals surface area contributed by atoms with Crippen LogP contribution in [0, 0.1) is 0 Å². The molecule has 0 bridgehead atoms. The Bertz CT molecular complexity index is 1480. The van der Waals surface area contributed by atoms with Gasteiger partial charge in [-0.25, -0.2) is 9.67 Å². The summed E-state index contributed by atoms with van der Waals surface area (Å²) in [5.41, 5.74) is 2.74. The molecule has 11 heteroatoms. The number of carbonyl (C=O) groups excluding carboxylic acids is 1. The van der Waals surface area contributed by atoms with Crippen LogP contribution in [0.3, 0.4) is 0 Å². The number of alkyl halides is 3. The van der Waals surface area contributed by atoms with Gasteiger partial charge < -0.3 is 4.74 Å². The van der Waals surface area contributed by atoms with Crippen molar-refractivity contribution in [1.82, 2.24) is 19.7 Å². The standard InChI is InChI=1S/C24H16F3N5O2S/c25-24(26,27)14-34-17-8-9-19-20(11-17)35-23(29-19)30-22(33)18-13-32(16-6-2-1-3-7-16)31-21(18)15-5-4-10-28-12-15/h1-13H,14H2,(H,29,30,33). The van der Waals surface area contributed by atoms with Crippen LogP contribution >= 0.6 is 11.3 Å². The highest BCUT2D eigenvalue weighted by Crippen LogP contribution is 2.31. The Kier molecular flexibility index (Phi) is 5.91. The lowest BCUT2D eigenvalue weighted by Gasteiger charge is -2.08. The summed E-state index contributed by atoms with van der Waals surface area (Å²) in [6.45, 7) is -1.39. The number of pyridine rings is 1. The Morgan fingerprint density at radius 2 is 1.91 bits per heavy atom. The van der Waals surface area contributed by atoms with Gasteiger partial charge in [-0.3, -0.25) is 15.1 Å². The summed E-state index contributed by atoms with van der Waals surface area (Å²) >= 11 is 1.13. The van der Waals surface area contributed by atoms with E-state index in [1.54, 1.807) is 35.4 Å². The maximum Gasteiger partial charge on any atom is 0.422 e. The van der Waals surface area contributed by atoms with Crippen LogP contribution in [0.4, 0.5) is 18.3 Å². The summed E-state index contributed by atoms with van der Waals surface area (Å²) in [6, 6.07) is 17.3. The number of carbonyl (C=O) groups is 1. The largest absolute Gasteiger partial charge is 0.484 e. The van der Waals surface area contributed by atoms with Crippen LogP contribution in [-0.4, -0.2) is 38.4 Å². The van der Waals surface area contributed by atoms with E-state index >= 15 is 0 Å². The van der Waals surface area contributed by atoms with Gasteiger partial charge in [-0.15, -0.1) is 0 Å². The van der Waals surface area contributed by atoms with E-state index in [0.29, 0.717) is 32.2 Å². The van der Waals surface area contributed by atoms with Crippen LogP contribution < -0.4 is 10.1 Å². The van der Waals surface area contributed by atoms with Crippen LogP contribution in [0.15, 0.2) is 79.3 Å². The fourth-order valence-corrected chi connectivity index (χ4v) is 4.24. The number of benzene rings is 2. The molecule has 0 aliphatic carbocycles. The summed E-state index contributed by atoms with van der Waals surface area (Å²) in [5.74, 6) is -0.363. The zero-order valence-corrected chi connectivity index (χ0v) is 18.7. The molecule has 0 saturated heterocycles. The molecule has 0 radical (unpaired) electrons. The lowest BCUT2D eigenvalue weighted by atomic mass is 10.1. The molecular weight excluding hydrogens is 479 g/mol. The molecule has 0 atom stereocenters. The molecule has 0 saturated carbocycles. The molecule has 0 fully saturated rings. The van der Waals surface area contributed by atoms with E-state index in [-0.39, 0.29) is 5.75 Å². The monoisotopic (exact) mass is 495 g/mol. The third-order valence-corrected chi connectivity index (χ3v) is 5.83. The number of nitrogens with one attached hydrogen (secondary N) is 1. The third-order valence-electron chi connectivity index (χ3n) is 4.90. The molecule has 3 heterocycles. The first-order chi connectivity index (χ1) is 16.9. The van der Waals surface area contributed by atoms with Gasteiger partial charge in [0.1, 0.15) is 11.4 Å². The second kappa shape index (κ2) is 9.18. The van der Waals surface area contributed by atoms with Gasteiger partial charge in [-0.1, -0.05) is 29.5 Å². The number of anilines is 1. The maximum atomic E-state index is 13.2. The number of nitrogens with zero attached hydrogens (tertiary/aromatic N) is 4.